The Hall–Kier alpha value is -2.05. The highest BCUT2D eigenvalue weighted by molar-refractivity contribution is 7.71. The average Bonchev–Trinajstić information content (AvgIpc) is 2.82. The van der Waals surface area contributed by atoms with Crippen molar-refractivity contribution in [2.24, 2.45) is 0 Å². The Labute approximate surface area is 123 Å². The van der Waals surface area contributed by atoms with E-state index in [1.165, 1.54) is 10.6 Å². The lowest BCUT2D eigenvalue weighted by molar-refractivity contribution is 0.618. The molecule has 7 heteroatoms. The summed E-state index contributed by atoms with van der Waals surface area (Å²) in [6, 6.07) is 9.76. The Morgan fingerprint density at radius 2 is 2.10 bits per heavy atom. The molecule has 0 radical (unpaired) electrons. The van der Waals surface area contributed by atoms with E-state index in [0.29, 0.717) is 16.5 Å². The van der Waals surface area contributed by atoms with Crippen molar-refractivity contribution < 1.29 is 4.39 Å². The number of benzene rings is 1. The van der Waals surface area contributed by atoms with Crippen molar-refractivity contribution in [3.63, 3.8) is 0 Å². The number of rotatable bonds is 2. The first-order valence-corrected chi connectivity index (χ1v) is 6.49. The maximum absolute atomic E-state index is 14.1. The molecule has 0 fully saturated rings. The molecular weight excluding hydrogens is 299 g/mol. The van der Waals surface area contributed by atoms with E-state index in [0.717, 1.165) is 0 Å². The molecule has 0 atom stereocenters. The van der Waals surface area contributed by atoms with E-state index in [1.807, 2.05) is 6.07 Å². The zero-order valence-corrected chi connectivity index (χ0v) is 11.6. The molecule has 100 valence electrons. The van der Waals surface area contributed by atoms with Crippen LogP contribution >= 0.6 is 23.8 Å². The quantitative estimate of drug-likeness (QED) is 0.733. The van der Waals surface area contributed by atoms with Crippen molar-refractivity contribution >= 4 is 23.8 Å². The Bertz CT molecular complexity index is 813. The summed E-state index contributed by atoms with van der Waals surface area (Å²) in [5.41, 5.74) is 0.864. The zero-order chi connectivity index (χ0) is 14.1. The smallest absolute Gasteiger partial charge is 0.200 e. The summed E-state index contributed by atoms with van der Waals surface area (Å²) in [4.78, 5) is 4.20. The minimum atomic E-state index is -0.479. The fourth-order valence-corrected chi connectivity index (χ4v) is 2.24. The second kappa shape index (κ2) is 5.15. The molecule has 0 aliphatic carbocycles. The van der Waals surface area contributed by atoms with Crippen LogP contribution in [0.2, 0.25) is 5.02 Å². The fraction of sp³-hybridized carbons (Fsp3) is 0. The third-order valence-electron chi connectivity index (χ3n) is 2.72. The summed E-state index contributed by atoms with van der Waals surface area (Å²) in [6.45, 7) is 0. The maximum atomic E-state index is 14.1. The number of halogens is 2. The monoisotopic (exact) mass is 306 g/mol. The van der Waals surface area contributed by atoms with Gasteiger partial charge in [0.2, 0.25) is 0 Å². The van der Waals surface area contributed by atoms with Gasteiger partial charge in [0.15, 0.2) is 10.6 Å². The lowest BCUT2D eigenvalue weighted by Gasteiger charge is -2.07. The number of aromatic amines is 1. The average molecular weight is 307 g/mol. The molecule has 0 amide bonds. The van der Waals surface area contributed by atoms with E-state index in [2.05, 4.69) is 15.2 Å². The van der Waals surface area contributed by atoms with Crippen LogP contribution in [-0.4, -0.2) is 19.7 Å². The van der Waals surface area contributed by atoms with Crippen LogP contribution in [0, 0.1) is 10.6 Å². The van der Waals surface area contributed by atoms with E-state index in [4.69, 9.17) is 23.8 Å². The van der Waals surface area contributed by atoms with Gasteiger partial charge in [-0.3, -0.25) is 14.6 Å². The van der Waals surface area contributed by atoms with Gasteiger partial charge in [-0.05, 0) is 42.5 Å². The van der Waals surface area contributed by atoms with Crippen molar-refractivity contribution in [3.8, 4) is 17.2 Å². The lowest BCUT2D eigenvalue weighted by Crippen LogP contribution is -2.01. The van der Waals surface area contributed by atoms with Crippen molar-refractivity contribution in [3.05, 3.63) is 58.2 Å². The summed E-state index contributed by atoms with van der Waals surface area (Å²) < 4.78 is 15.8. The summed E-state index contributed by atoms with van der Waals surface area (Å²) in [7, 11) is 0. The number of pyridine rings is 1. The summed E-state index contributed by atoms with van der Waals surface area (Å²) >= 11 is 10.9. The Balaban J connectivity index is 2.25. The van der Waals surface area contributed by atoms with Gasteiger partial charge in [-0.1, -0.05) is 17.7 Å². The number of nitrogens with zero attached hydrogens (tertiary/aromatic N) is 3. The van der Waals surface area contributed by atoms with E-state index >= 15 is 0 Å². The van der Waals surface area contributed by atoms with Crippen LogP contribution in [0.3, 0.4) is 0 Å². The van der Waals surface area contributed by atoms with Gasteiger partial charge in [0, 0.05) is 11.2 Å². The van der Waals surface area contributed by atoms with E-state index < -0.39 is 5.82 Å². The van der Waals surface area contributed by atoms with Gasteiger partial charge in [-0.25, -0.2) is 4.39 Å². The summed E-state index contributed by atoms with van der Waals surface area (Å²) in [5.74, 6) is -0.0380. The third-order valence-corrected chi connectivity index (χ3v) is 3.23. The molecule has 0 spiro atoms. The third kappa shape index (κ3) is 2.23. The van der Waals surface area contributed by atoms with Crippen LogP contribution in [-0.2, 0) is 0 Å². The van der Waals surface area contributed by atoms with Gasteiger partial charge in [0.05, 0.1) is 5.69 Å². The number of nitrogens with one attached hydrogen (secondary N) is 1. The highest BCUT2D eigenvalue weighted by Gasteiger charge is 2.14. The molecule has 0 bridgehead atoms. The molecule has 20 heavy (non-hydrogen) atoms. The molecule has 3 rings (SSSR count). The fourth-order valence-electron chi connectivity index (χ4n) is 1.85. The molecule has 0 saturated heterocycles. The number of hydrogen-bond donors (Lipinski definition) is 1. The minimum absolute atomic E-state index is 0.272. The molecule has 2 aromatic heterocycles. The molecule has 0 aliphatic rings. The van der Waals surface area contributed by atoms with Gasteiger partial charge in [-0.15, -0.1) is 0 Å². The number of hydrogen-bond acceptors (Lipinski definition) is 3. The van der Waals surface area contributed by atoms with Crippen LogP contribution in [0.1, 0.15) is 0 Å². The van der Waals surface area contributed by atoms with Crippen molar-refractivity contribution in [1.82, 2.24) is 19.7 Å². The second-order valence-electron chi connectivity index (χ2n) is 4.00. The molecule has 3 aromatic rings. The van der Waals surface area contributed by atoms with Gasteiger partial charge in [0.25, 0.3) is 0 Å². The maximum Gasteiger partial charge on any atom is 0.200 e. The SMILES string of the molecule is Fc1cc(Cl)ccc1-n1c(-c2ccccn2)n[nH]c1=S. The molecule has 0 unspecified atom stereocenters. The molecule has 0 aliphatic heterocycles. The van der Waals surface area contributed by atoms with E-state index in [1.54, 1.807) is 30.5 Å². The first-order chi connectivity index (χ1) is 9.66. The largest absolute Gasteiger partial charge is 0.264 e. The van der Waals surface area contributed by atoms with Gasteiger partial charge >= 0.3 is 0 Å². The molecule has 4 nitrogen and oxygen atoms in total. The van der Waals surface area contributed by atoms with Gasteiger partial charge in [0.1, 0.15) is 11.5 Å². The predicted molar refractivity (Wildman–Crippen MR) is 76.9 cm³/mol. The Morgan fingerprint density at radius 1 is 1.25 bits per heavy atom. The normalized spacial score (nSPS) is 10.7. The highest BCUT2D eigenvalue weighted by atomic mass is 35.5. The van der Waals surface area contributed by atoms with Crippen LogP contribution in [0.25, 0.3) is 17.2 Å². The lowest BCUT2D eigenvalue weighted by atomic mass is 10.3. The molecular formula is C13H8ClFN4S. The second-order valence-corrected chi connectivity index (χ2v) is 4.82. The van der Waals surface area contributed by atoms with E-state index in [-0.39, 0.29) is 10.5 Å². The Kier molecular flexibility index (Phi) is 3.33. The highest BCUT2D eigenvalue weighted by Crippen LogP contribution is 2.23. The zero-order valence-electron chi connectivity index (χ0n) is 10.0. The van der Waals surface area contributed by atoms with Crippen molar-refractivity contribution in [2.45, 2.75) is 0 Å². The van der Waals surface area contributed by atoms with Crippen LogP contribution < -0.4 is 0 Å². The van der Waals surface area contributed by atoms with Gasteiger partial charge in [-0.2, -0.15) is 5.10 Å². The number of aromatic nitrogens is 4. The molecule has 1 aromatic carbocycles. The molecule has 2 heterocycles. The van der Waals surface area contributed by atoms with Gasteiger partial charge < -0.3 is 0 Å². The van der Waals surface area contributed by atoms with Crippen LogP contribution in [0.15, 0.2) is 42.6 Å². The molecule has 1 N–H and O–H groups in total. The summed E-state index contributed by atoms with van der Waals surface area (Å²) in [5, 5.41) is 7.08. The first-order valence-electron chi connectivity index (χ1n) is 5.71. The first kappa shape index (κ1) is 13.0. The van der Waals surface area contributed by atoms with Crippen LogP contribution in [0.5, 0.6) is 0 Å². The number of H-pyrrole nitrogens is 1. The predicted octanol–water partition coefficient (Wildman–Crippen LogP) is 3.78. The minimum Gasteiger partial charge on any atom is -0.264 e. The van der Waals surface area contributed by atoms with Crippen molar-refractivity contribution in [2.75, 3.05) is 0 Å². The van der Waals surface area contributed by atoms with Crippen LogP contribution in [0.4, 0.5) is 4.39 Å². The standard InChI is InChI=1S/C13H8ClFN4S/c14-8-4-5-11(9(15)7-8)19-12(17-18-13(19)20)10-3-1-2-6-16-10/h1-7H,(H,18,20). The summed E-state index contributed by atoms with van der Waals surface area (Å²) in [6.07, 6.45) is 1.63. The Morgan fingerprint density at radius 3 is 2.80 bits per heavy atom. The van der Waals surface area contributed by atoms with Crippen molar-refractivity contribution in [1.29, 1.82) is 0 Å². The topological polar surface area (TPSA) is 46.5 Å². The van der Waals surface area contributed by atoms with E-state index in [9.17, 15) is 4.39 Å². The molecule has 0 saturated carbocycles.